The van der Waals surface area contributed by atoms with Crippen molar-refractivity contribution in [1.82, 2.24) is 4.90 Å². The highest BCUT2D eigenvalue weighted by molar-refractivity contribution is 6.04. The van der Waals surface area contributed by atoms with Crippen LogP contribution < -0.4 is 5.32 Å². The molecule has 1 aromatic rings. The summed E-state index contributed by atoms with van der Waals surface area (Å²) in [5.74, 6) is -0.532. The van der Waals surface area contributed by atoms with Crippen molar-refractivity contribution in [2.24, 2.45) is 16.7 Å². The van der Waals surface area contributed by atoms with Gasteiger partial charge in [-0.15, -0.1) is 0 Å². The molecule has 2 bridgehead atoms. The largest absolute Gasteiger partial charge is 0.326 e. The van der Waals surface area contributed by atoms with Crippen molar-refractivity contribution in [3.05, 3.63) is 29.3 Å². The first-order valence-corrected chi connectivity index (χ1v) is 9.87. The Hall–Kier alpha value is -2.17. The smallest absolute Gasteiger partial charge is 0.235 e. The van der Waals surface area contributed by atoms with E-state index in [0.717, 1.165) is 36.1 Å². The van der Waals surface area contributed by atoms with Gasteiger partial charge in [0.25, 0.3) is 0 Å². The first-order valence-electron chi connectivity index (χ1n) is 9.87. The number of likely N-dealkylation sites (tertiary alicyclic amines) is 1. The number of hydrogen-bond donors (Lipinski definition) is 1. The predicted molar refractivity (Wildman–Crippen MR) is 105 cm³/mol. The van der Waals surface area contributed by atoms with Gasteiger partial charge in [0, 0.05) is 24.6 Å². The third-order valence-electron chi connectivity index (χ3n) is 7.07. The van der Waals surface area contributed by atoms with Gasteiger partial charge in [0.2, 0.25) is 17.7 Å². The standard InChI is InChI=1S/C22H30N2O3/c1-6-15-9-7-8-14(2)18(15)23-17(25)11-13-24-19(26)16-10-12-22(5,20(24)27)21(16,3)4/h7-9,16H,6,10-13H2,1-5H3,(H,23,25). The highest BCUT2D eigenvalue weighted by Gasteiger charge is 2.64. The zero-order chi connectivity index (χ0) is 20.0. The number of nitrogens with one attached hydrogen (secondary N) is 1. The summed E-state index contributed by atoms with van der Waals surface area (Å²) in [4.78, 5) is 39.7. The van der Waals surface area contributed by atoms with E-state index in [2.05, 4.69) is 5.32 Å². The number of carbonyl (C=O) groups is 3. The second-order valence-electron chi connectivity index (χ2n) is 8.70. The van der Waals surface area contributed by atoms with Crippen LogP contribution in [0.15, 0.2) is 18.2 Å². The molecule has 1 heterocycles. The molecule has 27 heavy (non-hydrogen) atoms. The molecule has 3 amide bonds. The van der Waals surface area contributed by atoms with Crippen LogP contribution in [-0.4, -0.2) is 29.2 Å². The molecule has 0 spiro atoms. The molecule has 1 aromatic carbocycles. The minimum atomic E-state index is -0.520. The topological polar surface area (TPSA) is 66.5 Å². The molecule has 1 saturated heterocycles. The number of hydrogen-bond acceptors (Lipinski definition) is 3. The van der Waals surface area contributed by atoms with E-state index in [9.17, 15) is 14.4 Å². The SMILES string of the molecule is CCc1cccc(C)c1NC(=O)CCN1C(=O)C2CCC(C)(C1=O)C2(C)C. The zero-order valence-corrected chi connectivity index (χ0v) is 17.0. The van der Waals surface area contributed by atoms with E-state index in [4.69, 9.17) is 0 Å². The Balaban J connectivity index is 1.70. The van der Waals surface area contributed by atoms with E-state index >= 15 is 0 Å². The summed E-state index contributed by atoms with van der Waals surface area (Å²) in [6.45, 7) is 10.2. The minimum absolute atomic E-state index is 0.113. The third kappa shape index (κ3) is 2.97. The van der Waals surface area contributed by atoms with Gasteiger partial charge in [-0.2, -0.15) is 0 Å². The Labute approximate surface area is 161 Å². The first kappa shape index (κ1) is 19.6. The van der Waals surface area contributed by atoms with Crippen molar-refractivity contribution in [2.75, 3.05) is 11.9 Å². The van der Waals surface area contributed by atoms with Gasteiger partial charge in [-0.05, 0) is 42.7 Å². The summed E-state index contributed by atoms with van der Waals surface area (Å²) in [7, 11) is 0. The number of piperidine rings is 1. The Kier molecular flexibility index (Phi) is 4.91. The number of nitrogens with zero attached hydrogens (tertiary/aromatic N) is 1. The molecule has 146 valence electrons. The second-order valence-corrected chi connectivity index (χ2v) is 8.70. The van der Waals surface area contributed by atoms with E-state index in [0.29, 0.717) is 0 Å². The van der Waals surface area contributed by atoms with Crippen LogP contribution in [0, 0.1) is 23.7 Å². The number of anilines is 1. The molecule has 2 fully saturated rings. The minimum Gasteiger partial charge on any atom is -0.326 e. The predicted octanol–water partition coefficient (Wildman–Crippen LogP) is 3.70. The van der Waals surface area contributed by atoms with Crippen LogP contribution in [0.2, 0.25) is 0 Å². The van der Waals surface area contributed by atoms with Gasteiger partial charge < -0.3 is 5.32 Å². The quantitative estimate of drug-likeness (QED) is 0.804. The van der Waals surface area contributed by atoms with Gasteiger partial charge in [-0.3, -0.25) is 19.3 Å². The lowest BCUT2D eigenvalue weighted by atomic mass is 9.62. The maximum atomic E-state index is 13.0. The van der Waals surface area contributed by atoms with E-state index in [1.807, 2.05) is 52.8 Å². The van der Waals surface area contributed by atoms with Crippen molar-refractivity contribution >= 4 is 23.4 Å². The molecule has 2 atom stereocenters. The van der Waals surface area contributed by atoms with Crippen LogP contribution in [-0.2, 0) is 20.8 Å². The number of benzene rings is 1. The summed E-state index contributed by atoms with van der Waals surface area (Å²) in [5.41, 5.74) is 2.10. The van der Waals surface area contributed by atoms with Gasteiger partial charge in [0.05, 0.1) is 5.41 Å². The lowest BCUT2D eigenvalue weighted by Gasteiger charge is -2.47. The van der Waals surface area contributed by atoms with Crippen LogP contribution in [0.4, 0.5) is 5.69 Å². The third-order valence-corrected chi connectivity index (χ3v) is 7.07. The number of carbonyl (C=O) groups excluding carboxylic acids is 3. The fourth-order valence-corrected chi connectivity index (χ4v) is 4.73. The van der Waals surface area contributed by atoms with Crippen molar-refractivity contribution in [1.29, 1.82) is 0 Å². The summed E-state index contributed by atoms with van der Waals surface area (Å²) in [6, 6.07) is 5.95. The number of amides is 3. The average Bonchev–Trinajstić information content (AvgIpc) is 2.80. The Morgan fingerprint density at radius 1 is 1.26 bits per heavy atom. The maximum absolute atomic E-state index is 13.0. The van der Waals surface area contributed by atoms with Gasteiger partial charge >= 0.3 is 0 Å². The lowest BCUT2D eigenvalue weighted by molar-refractivity contribution is -0.167. The van der Waals surface area contributed by atoms with Gasteiger partial charge in [0.1, 0.15) is 0 Å². The molecule has 1 N–H and O–H groups in total. The summed E-state index contributed by atoms with van der Waals surface area (Å²) in [5, 5.41) is 2.97. The zero-order valence-electron chi connectivity index (χ0n) is 17.0. The number of fused-ring (bicyclic) bond motifs is 2. The van der Waals surface area contributed by atoms with E-state index < -0.39 is 5.41 Å². The molecule has 1 aliphatic heterocycles. The lowest BCUT2D eigenvalue weighted by Crippen LogP contribution is -2.59. The van der Waals surface area contributed by atoms with E-state index in [1.165, 1.54) is 4.90 Å². The van der Waals surface area contributed by atoms with Crippen molar-refractivity contribution in [3.8, 4) is 0 Å². The first-order chi connectivity index (χ1) is 12.6. The maximum Gasteiger partial charge on any atom is 0.235 e. The molecule has 2 unspecified atom stereocenters. The molecule has 1 saturated carbocycles. The molecule has 1 aliphatic carbocycles. The van der Waals surface area contributed by atoms with Gasteiger partial charge in [-0.1, -0.05) is 45.9 Å². The molecular weight excluding hydrogens is 340 g/mol. The van der Waals surface area contributed by atoms with Crippen LogP contribution in [0.3, 0.4) is 0 Å². The average molecular weight is 370 g/mol. The highest BCUT2D eigenvalue weighted by atomic mass is 16.2. The normalized spacial score (nSPS) is 26.4. The molecule has 3 rings (SSSR count). The summed E-state index contributed by atoms with van der Waals surface area (Å²) in [6.07, 6.45) is 2.44. The summed E-state index contributed by atoms with van der Waals surface area (Å²) >= 11 is 0. The summed E-state index contributed by atoms with van der Waals surface area (Å²) < 4.78 is 0. The number of aryl methyl sites for hydroxylation is 2. The molecule has 0 aromatic heterocycles. The van der Waals surface area contributed by atoms with Crippen molar-refractivity contribution < 1.29 is 14.4 Å². The van der Waals surface area contributed by atoms with E-state index in [1.54, 1.807) is 0 Å². The number of imide groups is 1. The van der Waals surface area contributed by atoms with Crippen LogP contribution in [0.5, 0.6) is 0 Å². The van der Waals surface area contributed by atoms with Crippen molar-refractivity contribution in [2.45, 2.75) is 60.3 Å². The van der Waals surface area contributed by atoms with E-state index in [-0.39, 0.29) is 42.0 Å². The molecule has 5 heteroatoms. The molecule has 0 radical (unpaired) electrons. The Bertz CT molecular complexity index is 799. The second kappa shape index (κ2) is 6.77. The molecule has 5 nitrogen and oxygen atoms in total. The Morgan fingerprint density at radius 3 is 2.63 bits per heavy atom. The molecule has 2 aliphatic rings. The van der Waals surface area contributed by atoms with Crippen LogP contribution in [0.1, 0.15) is 58.1 Å². The van der Waals surface area contributed by atoms with Crippen LogP contribution in [0.25, 0.3) is 0 Å². The molecular formula is C22H30N2O3. The monoisotopic (exact) mass is 370 g/mol. The van der Waals surface area contributed by atoms with Gasteiger partial charge in [0.15, 0.2) is 0 Å². The number of para-hydroxylation sites is 1. The Morgan fingerprint density at radius 2 is 1.96 bits per heavy atom. The van der Waals surface area contributed by atoms with Crippen molar-refractivity contribution in [3.63, 3.8) is 0 Å². The fraction of sp³-hybridized carbons (Fsp3) is 0.591. The van der Waals surface area contributed by atoms with Gasteiger partial charge in [-0.25, -0.2) is 0 Å². The highest BCUT2D eigenvalue weighted by Crippen LogP contribution is 2.60. The van der Waals surface area contributed by atoms with Crippen LogP contribution >= 0.6 is 0 Å². The number of rotatable bonds is 5. The fourth-order valence-electron chi connectivity index (χ4n) is 4.73.